The van der Waals surface area contributed by atoms with E-state index in [1.807, 2.05) is 0 Å². The van der Waals surface area contributed by atoms with E-state index < -0.39 is 6.10 Å². The van der Waals surface area contributed by atoms with Gasteiger partial charge in [0.15, 0.2) is 6.10 Å². The number of hydrogen-bond donors (Lipinski definition) is 0. The van der Waals surface area contributed by atoms with Crippen molar-refractivity contribution in [1.82, 2.24) is 0 Å². The van der Waals surface area contributed by atoms with Gasteiger partial charge in [-0.25, -0.2) is 0 Å². The van der Waals surface area contributed by atoms with Gasteiger partial charge in [-0.05, 0) is 128 Å². The van der Waals surface area contributed by atoms with E-state index in [2.05, 4.69) is 130 Å². The molecule has 0 aromatic carbocycles. The molecule has 428 valence electrons. The lowest BCUT2D eigenvalue weighted by atomic mass is 10.1. The van der Waals surface area contributed by atoms with E-state index in [0.29, 0.717) is 19.3 Å². The van der Waals surface area contributed by atoms with E-state index in [-0.39, 0.29) is 31.1 Å². The summed E-state index contributed by atoms with van der Waals surface area (Å²) in [6, 6.07) is 0. The highest BCUT2D eigenvalue weighted by Crippen LogP contribution is 2.15. The van der Waals surface area contributed by atoms with Crippen molar-refractivity contribution in [2.75, 3.05) is 13.2 Å². The lowest BCUT2D eigenvalue weighted by molar-refractivity contribution is -0.167. The molecule has 0 spiro atoms. The summed E-state index contributed by atoms with van der Waals surface area (Å²) in [4.78, 5) is 38.3. The molecule has 0 bridgehead atoms. The molecule has 0 aromatic rings. The fraction of sp³-hybridized carbons (Fsp3) is 0.696. The van der Waals surface area contributed by atoms with Crippen LogP contribution in [-0.2, 0) is 28.6 Å². The second kappa shape index (κ2) is 62.6. The molecule has 0 heterocycles. The van der Waals surface area contributed by atoms with Crippen LogP contribution >= 0.6 is 0 Å². The Balaban J connectivity index is 4.46. The molecule has 75 heavy (non-hydrogen) atoms. The number of unbranched alkanes of at least 4 members (excludes halogenated alkanes) is 27. The van der Waals surface area contributed by atoms with Gasteiger partial charge in [-0.2, -0.15) is 0 Å². The van der Waals surface area contributed by atoms with Crippen LogP contribution in [0.5, 0.6) is 0 Å². The van der Waals surface area contributed by atoms with Gasteiger partial charge < -0.3 is 14.2 Å². The molecular formula is C69H116O6. The van der Waals surface area contributed by atoms with E-state index in [1.54, 1.807) is 0 Å². The Bertz CT molecular complexity index is 1520. The zero-order chi connectivity index (χ0) is 54.3. The molecule has 0 fully saturated rings. The van der Waals surface area contributed by atoms with E-state index in [4.69, 9.17) is 14.2 Å². The minimum Gasteiger partial charge on any atom is -0.462 e. The molecule has 0 aliphatic rings. The standard InChI is InChI=1S/C69H116O6/c1-4-7-10-13-16-19-22-25-28-31-34-37-40-43-46-49-52-55-58-61-67(70)73-64-66(75-69(72)63-60-57-54-51-48-45-42-39-36-33-30-27-24-21-18-15-12-9-6-3)65-74-68(71)62-59-56-53-50-47-44-41-38-35-32-29-26-23-20-17-14-11-8-5-2/h7,10,16-21,25-30,34,37,43,46,66H,4-6,8-9,11-15,22-24,31-33,35-36,38-42,44-45,47-65H2,1-3H3/b10-7-,19-16-,20-17-,21-18-,28-25-,29-26-,30-27-,37-34-,46-43-. The van der Waals surface area contributed by atoms with Crippen molar-refractivity contribution in [3.63, 3.8) is 0 Å². The number of allylic oxidation sites excluding steroid dienone is 18. The maximum absolute atomic E-state index is 12.9. The largest absolute Gasteiger partial charge is 0.462 e. The first kappa shape index (κ1) is 71.1. The van der Waals surface area contributed by atoms with E-state index >= 15 is 0 Å². The quantitative estimate of drug-likeness (QED) is 0.0261. The third kappa shape index (κ3) is 60.8. The summed E-state index contributed by atoms with van der Waals surface area (Å²) >= 11 is 0. The van der Waals surface area contributed by atoms with Crippen molar-refractivity contribution < 1.29 is 28.6 Å². The Labute approximate surface area is 463 Å². The summed E-state index contributed by atoms with van der Waals surface area (Å²) < 4.78 is 16.9. The number of hydrogen-bond acceptors (Lipinski definition) is 6. The zero-order valence-electron chi connectivity index (χ0n) is 49.0. The molecule has 0 rings (SSSR count). The molecule has 0 amide bonds. The fourth-order valence-corrected chi connectivity index (χ4v) is 8.53. The summed E-state index contributed by atoms with van der Waals surface area (Å²) in [6.07, 6.45) is 85.1. The maximum atomic E-state index is 12.9. The summed E-state index contributed by atoms with van der Waals surface area (Å²) in [5, 5.41) is 0. The van der Waals surface area contributed by atoms with Crippen LogP contribution in [-0.4, -0.2) is 37.2 Å². The van der Waals surface area contributed by atoms with Gasteiger partial charge >= 0.3 is 17.9 Å². The highest BCUT2D eigenvalue weighted by molar-refractivity contribution is 5.71. The smallest absolute Gasteiger partial charge is 0.306 e. The topological polar surface area (TPSA) is 78.9 Å². The number of esters is 3. The van der Waals surface area contributed by atoms with Crippen LogP contribution < -0.4 is 0 Å². The van der Waals surface area contributed by atoms with Gasteiger partial charge in [0.2, 0.25) is 0 Å². The van der Waals surface area contributed by atoms with E-state index in [1.165, 1.54) is 141 Å². The van der Waals surface area contributed by atoms with Crippen molar-refractivity contribution in [2.24, 2.45) is 0 Å². The van der Waals surface area contributed by atoms with Crippen LogP contribution in [0, 0.1) is 0 Å². The van der Waals surface area contributed by atoms with Crippen LogP contribution in [0.1, 0.15) is 290 Å². The van der Waals surface area contributed by atoms with Crippen molar-refractivity contribution in [3.05, 3.63) is 109 Å². The molecule has 0 aromatic heterocycles. The maximum Gasteiger partial charge on any atom is 0.306 e. The summed E-state index contributed by atoms with van der Waals surface area (Å²) in [5.41, 5.74) is 0. The summed E-state index contributed by atoms with van der Waals surface area (Å²) in [6.45, 7) is 6.46. The SMILES string of the molecule is CC/C=C\C/C=C\C/C=C\C/C=C\C/C=C\CCCCCC(=O)OCC(COC(=O)CCCCCCCCCCC/C=C\C/C=C\CCCCC)OC(=O)CCCCCCCCCCC/C=C\C/C=C\CCCCC. The van der Waals surface area contributed by atoms with Gasteiger partial charge in [0, 0.05) is 19.3 Å². The Kier molecular flexibility index (Phi) is 59.3. The summed E-state index contributed by atoms with van der Waals surface area (Å²) in [5.74, 6) is -0.928. The lowest BCUT2D eigenvalue weighted by Gasteiger charge is -2.18. The summed E-state index contributed by atoms with van der Waals surface area (Å²) in [7, 11) is 0. The molecule has 0 aliphatic carbocycles. The van der Waals surface area contributed by atoms with Crippen LogP contribution in [0.2, 0.25) is 0 Å². The molecule has 0 aliphatic heterocycles. The highest BCUT2D eigenvalue weighted by Gasteiger charge is 2.19. The second-order valence-corrected chi connectivity index (χ2v) is 20.6. The minimum atomic E-state index is -0.799. The molecule has 0 saturated carbocycles. The first-order valence-corrected chi connectivity index (χ1v) is 31.4. The molecule has 1 atom stereocenters. The van der Waals surface area contributed by atoms with Crippen molar-refractivity contribution in [3.8, 4) is 0 Å². The first-order chi connectivity index (χ1) is 37.0. The molecule has 6 heteroatoms. The van der Waals surface area contributed by atoms with E-state index in [0.717, 1.165) is 109 Å². The van der Waals surface area contributed by atoms with Crippen LogP contribution in [0.3, 0.4) is 0 Å². The number of carbonyl (C=O) groups excluding carboxylic acids is 3. The van der Waals surface area contributed by atoms with E-state index in [9.17, 15) is 14.4 Å². The number of ether oxygens (including phenoxy) is 3. The van der Waals surface area contributed by atoms with Crippen molar-refractivity contribution in [2.45, 2.75) is 297 Å². The Morgan fingerprint density at radius 2 is 0.520 bits per heavy atom. The lowest BCUT2D eigenvalue weighted by Crippen LogP contribution is -2.30. The fourth-order valence-electron chi connectivity index (χ4n) is 8.53. The Hall–Kier alpha value is -3.93. The Morgan fingerprint density at radius 3 is 0.827 bits per heavy atom. The molecule has 0 N–H and O–H groups in total. The van der Waals surface area contributed by atoms with Gasteiger partial charge in [-0.1, -0.05) is 252 Å². The number of carbonyl (C=O) groups is 3. The van der Waals surface area contributed by atoms with Gasteiger partial charge in [-0.3, -0.25) is 14.4 Å². The van der Waals surface area contributed by atoms with Crippen LogP contribution in [0.25, 0.3) is 0 Å². The van der Waals surface area contributed by atoms with Crippen LogP contribution in [0.15, 0.2) is 109 Å². The highest BCUT2D eigenvalue weighted by atomic mass is 16.6. The monoisotopic (exact) mass is 1040 g/mol. The average molecular weight is 1040 g/mol. The average Bonchev–Trinajstić information content (AvgIpc) is 3.41. The third-order valence-electron chi connectivity index (χ3n) is 13.2. The van der Waals surface area contributed by atoms with Gasteiger partial charge in [0.05, 0.1) is 0 Å². The van der Waals surface area contributed by atoms with Gasteiger partial charge in [0.25, 0.3) is 0 Å². The normalized spacial score (nSPS) is 12.8. The third-order valence-corrected chi connectivity index (χ3v) is 13.2. The molecule has 6 nitrogen and oxygen atoms in total. The molecule has 0 radical (unpaired) electrons. The second-order valence-electron chi connectivity index (χ2n) is 20.6. The zero-order valence-corrected chi connectivity index (χ0v) is 49.0. The van der Waals surface area contributed by atoms with Gasteiger partial charge in [0.1, 0.15) is 13.2 Å². The number of rotatable bonds is 56. The van der Waals surface area contributed by atoms with Gasteiger partial charge in [-0.15, -0.1) is 0 Å². The molecule has 0 saturated heterocycles. The first-order valence-electron chi connectivity index (χ1n) is 31.4. The van der Waals surface area contributed by atoms with Crippen molar-refractivity contribution >= 4 is 17.9 Å². The predicted octanol–water partition coefficient (Wildman–Crippen LogP) is 21.4. The van der Waals surface area contributed by atoms with Crippen molar-refractivity contribution in [1.29, 1.82) is 0 Å². The minimum absolute atomic E-state index is 0.0934. The molecular weight excluding hydrogens is 925 g/mol. The molecule has 1 unspecified atom stereocenters. The Morgan fingerprint density at radius 1 is 0.280 bits per heavy atom. The predicted molar refractivity (Wildman–Crippen MR) is 325 cm³/mol. The van der Waals surface area contributed by atoms with Crippen LogP contribution in [0.4, 0.5) is 0 Å².